The van der Waals surface area contributed by atoms with E-state index in [9.17, 15) is 0 Å². The van der Waals surface area contributed by atoms with Gasteiger partial charge in [0, 0.05) is 25.9 Å². The van der Waals surface area contributed by atoms with E-state index >= 15 is 0 Å². The summed E-state index contributed by atoms with van der Waals surface area (Å²) in [6, 6.07) is 8.66. The van der Waals surface area contributed by atoms with E-state index in [1.807, 2.05) is 11.8 Å². The third kappa shape index (κ3) is 7.38. The lowest BCUT2D eigenvalue weighted by molar-refractivity contribution is 0.477. The first-order chi connectivity index (χ1) is 9.17. The molecular formula is C15H26IN3S. The first-order valence-corrected chi connectivity index (χ1v) is 8.10. The van der Waals surface area contributed by atoms with Crippen LogP contribution in [-0.2, 0) is 6.54 Å². The van der Waals surface area contributed by atoms with Crippen molar-refractivity contribution in [3.05, 3.63) is 35.4 Å². The summed E-state index contributed by atoms with van der Waals surface area (Å²) in [5.74, 6) is 2.05. The van der Waals surface area contributed by atoms with E-state index in [2.05, 4.69) is 66.6 Å². The van der Waals surface area contributed by atoms with Crippen LogP contribution in [0.2, 0.25) is 0 Å². The highest BCUT2D eigenvalue weighted by Crippen LogP contribution is 2.06. The van der Waals surface area contributed by atoms with E-state index < -0.39 is 0 Å². The quantitative estimate of drug-likeness (QED) is 0.339. The van der Waals surface area contributed by atoms with Gasteiger partial charge >= 0.3 is 0 Å². The Hall–Kier alpha value is -0.430. The number of hydrogen-bond acceptors (Lipinski definition) is 2. The molecule has 0 aromatic heterocycles. The molecule has 3 nitrogen and oxygen atoms in total. The molecule has 1 aromatic rings. The minimum atomic E-state index is 0. The highest BCUT2D eigenvalue weighted by molar-refractivity contribution is 14.0. The number of nitrogens with one attached hydrogen (secondary N) is 1. The third-order valence-corrected chi connectivity index (χ3v) is 3.38. The van der Waals surface area contributed by atoms with Crippen LogP contribution in [0.1, 0.15) is 18.1 Å². The van der Waals surface area contributed by atoms with Crippen molar-refractivity contribution in [2.24, 2.45) is 4.99 Å². The van der Waals surface area contributed by atoms with Gasteiger partial charge in [-0.2, -0.15) is 11.8 Å². The van der Waals surface area contributed by atoms with Gasteiger partial charge in [0.15, 0.2) is 5.96 Å². The molecule has 0 fully saturated rings. The minimum Gasteiger partial charge on any atom is -0.357 e. The van der Waals surface area contributed by atoms with E-state index in [1.54, 1.807) is 0 Å². The molecule has 0 amide bonds. The number of rotatable bonds is 6. The fourth-order valence-electron chi connectivity index (χ4n) is 1.75. The minimum absolute atomic E-state index is 0. The SMILES string of the molecule is CCNC(=NCCSC)N(C)Cc1ccc(C)cc1.I. The number of hydrogen-bond donors (Lipinski definition) is 1. The summed E-state index contributed by atoms with van der Waals surface area (Å²) in [5, 5.41) is 3.34. The van der Waals surface area contributed by atoms with Crippen LogP contribution in [0, 0.1) is 6.92 Å². The summed E-state index contributed by atoms with van der Waals surface area (Å²) in [7, 11) is 2.08. The van der Waals surface area contributed by atoms with Crippen LogP contribution in [0.25, 0.3) is 0 Å². The number of aryl methyl sites for hydroxylation is 1. The number of aliphatic imine (C=N–C) groups is 1. The number of guanidine groups is 1. The van der Waals surface area contributed by atoms with Crippen molar-refractivity contribution in [3.8, 4) is 0 Å². The summed E-state index contributed by atoms with van der Waals surface area (Å²) in [6.07, 6.45) is 2.11. The summed E-state index contributed by atoms with van der Waals surface area (Å²) in [5.41, 5.74) is 2.61. The maximum atomic E-state index is 4.63. The van der Waals surface area contributed by atoms with Gasteiger partial charge in [-0.3, -0.25) is 4.99 Å². The molecule has 0 aliphatic heterocycles. The molecule has 0 unspecified atom stereocenters. The molecule has 0 radical (unpaired) electrons. The van der Waals surface area contributed by atoms with E-state index in [1.165, 1.54) is 11.1 Å². The first-order valence-electron chi connectivity index (χ1n) is 6.71. The monoisotopic (exact) mass is 407 g/mol. The zero-order valence-electron chi connectivity index (χ0n) is 12.8. The lowest BCUT2D eigenvalue weighted by Gasteiger charge is -2.22. The summed E-state index contributed by atoms with van der Waals surface area (Å²) in [4.78, 5) is 6.80. The molecule has 0 heterocycles. The molecular weight excluding hydrogens is 381 g/mol. The Labute approximate surface area is 144 Å². The van der Waals surface area contributed by atoms with Crippen molar-refractivity contribution in [3.63, 3.8) is 0 Å². The van der Waals surface area contributed by atoms with Gasteiger partial charge in [-0.25, -0.2) is 0 Å². The third-order valence-electron chi connectivity index (χ3n) is 2.79. The molecule has 1 N–H and O–H groups in total. The van der Waals surface area contributed by atoms with Gasteiger partial charge in [-0.1, -0.05) is 29.8 Å². The second-order valence-corrected chi connectivity index (χ2v) is 5.56. The van der Waals surface area contributed by atoms with Crippen LogP contribution in [0.3, 0.4) is 0 Å². The lowest BCUT2D eigenvalue weighted by atomic mass is 10.1. The summed E-state index contributed by atoms with van der Waals surface area (Å²) < 4.78 is 0. The second kappa shape index (κ2) is 11.3. The summed E-state index contributed by atoms with van der Waals surface area (Å²) in [6.45, 7) is 6.86. The van der Waals surface area contributed by atoms with E-state index in [-0.39, 0.29) is 24.0 Å². The summed E-state index contributed by atoms with van der Waals surface area (Å²) >= 11 is 1.83. The van der Waals surface area contributed by atoms with Crippen LogP contribution in [-0.4, -0.2) is 43.0 Å². The molecule has 0 spiro atoms. The Morgan fingerprint density at radius 1 is 1.30 bits per heavy atom. The fourth-order valence-corrected chi connectivity index (χ4v) is 2.03. The van der Waals surface area contributed by atoms with Crippen LogP contribution in [0.15, 0.2) is 29.3 Å². The largest absolute Gasteiger partial charge is 0.357 e. The number of thioether (sulfide) groups is 1. The van der Waals surface area contributed by atoms with E-state index in [0.717, 1.165) is 31.3 Å². The van der Waals surface area contributed by atoms with Crippen LogP contribution < -0.4 is 5.32 Å². The average molecular weight is 407 g/mol. The van der Waals surface area contributed by atoms with Crippen molar-refractivity contribution in [1.29, 1.82) is 0 Å². The number of nitrogens with zero attached hydrogens (tertiary/aromatic N) is 2. The van der Waals surface area contributed by atoms with Crippen molar-refractivity contribution >= 4 is 41.7 Å². The molecule has 1 aromatic carbocycles. The Morgan fingerprint density at radius 3 is 2.50 bits per heavy atom. The standard InChI is InChI=1S/C15H25N3S.HI/c1-5-16-15(17-10-11-19-4)18(3)12-14-8-6-13(2)7-9-14;/h6-9H,5,10-12H2,1-4H3,(H,16,17);1H. The van der Waals surface area contributed by atoms with Gasteiger partial charge in [0.1, 0.15) is 0 Å². The second-order valence-electron chi connectivity index (χ2n) is 4.57. The Morgan fingerprint density at radius 2 is 1.95 bits per heavy atom. The van der Waals surface area contributed by atoms with Crippen molar-refractivity contribution in [1.82, 2.24) is 10.2 Å². The molecule has 0 saturated carbocycles. The highest BCUT2D eigenvalue weighted by Gasteiger charge is 2.05. The number of halogens is 1. The van der Waals surface area contributed by atoms with Gasteiger partial charge in [0.2, 0.25) is 0 Å². The van der Waals surface area contributed by atoms with Crippen LogP contribution >= 0.6 is 35.7 Å². The van der Waals surface area contributed by atoms with Gasteiger partial charge in [-0.05, 0) is 25.7 Å². The first kappa shape index (κ1) is 19.6. The molecule has 0 saturated heterocycles. The van der Waals surface area contributed by atoms with Gasteiger partial charge in [-0.15, -0.1) is 24.0 Å². The Balaban J connectivity index is 0.00000361. The zero-order valence-corrected chi connectivity index (χ0v) is 16.0. The van der Waals surface area contributed by atoms with Gasteiger partial charge in [0.05, 0.1) is 6.54 Å². The van der Waals surface area contributed by atoms with Gasteiger partial charge < -0.3 is 10.2 Å². The topological polar surface area (TPSA) is 27.6 Å². The lowest BCUT2D eigenvalue weighted by Crippen LogP contribution is -2.38. The molecule has 1 rings (SSSR count). The van der Waals surface area contributed by atoms with Crippen LogP contribution in [0.5, 0.6) is 0 Å². The Kier molecular flexibility index (Phi) is 11.0. The maximum absolute atomic E-state index is 4.63. The predicted octanol–water partition coefficient (Wildman–Crippen LogP) is 3.37. The zero-order chi connectivity index (χ0) is 14.1. The maximum Gasteiger partial charge on any atom is 0.193 e. The molecule has 0 bridgehead atoms. The predicted molar refractivity (Wildman–Crippen MR) is 102 cm³/mol. The van der Waals surface area contributed by atoms with Crippen LogP contribution in [0.4, 0.5) is 0 Å². The van der Waals surface area contributed by atoms with E-state index in [0.29, 0.717) is 0 Å². The molecule has 114 valence electrons. The average Bonchev–Trinajstić information content (AvgIpc) is 2.40. The van der Waals surface area contributed by atoms with Crippen molar-refractivity contribution < 1.29 is 0 Å². The molecule has 0 aliphatic carbocycles. The van der Waals surface area contributed by atoms with Crippen molar-refractivity contribution in [2.45, 2.75) is 20.4 Å². The van der Waals surface area contributed by atoms with Crippen molar-refractivity contribution in [2.75, 3.05) is 32.1 Å². The molecule has 20 heavy (non-hydrogen) atoms. The smallest absolute Gasteiger partial charge is 0.193 e. The van der Waals surface area contributed by atoms with Gasteiger partial charge in [0.25, 0.3) is 0 Å². The normalized spacial score (nSPS) is 10.9. The molecule has 0 aliphatic rings. The van der Waals surface area contributed by atoms with E-state index in [4.69, 9.17) is 0 Å². The Bertz CT molecular complexity index is 393. The molecule has 5 heteroatoms. The molecule has 0 atom stereocenters. The fraction of sp³-hybridized carbons (Fsp3) is 0.533. The number of benzene rings is 1. The highest BCUT2D eigenvalue weighted by atomic mass is 127.